The number of fused-ring (bicyclic) bond motifs is 1. The second kappa shape index (κ2) is 9.90. The van der Waals surface area contributed by atoms with Gasteiger partial charge in [-0.25, -0.2) is 9.97 Å². The molecule has 1 atom stereocenters. The van der Waals surface area contributed by atoms with Crippen molar-refractivity contribution >= 4 is 51.7 Å². The maximum atomic E-state index is 11.3. The lowest BCUT2D eigenvalue weighted by Crippen LogP contribution is -2.34. The van der Waals surface area contributed by atoms with Crippen molar-refractivity contribution in [2.45, 2.75) is 25.3 Å². The quantitative estimate of drug-likeness (QED) is 0.390. The van der Waals surface area contributed by atoms with E-state index in [1.807, 2.05) is 18.2 Å². The number of nitrogens with zero attached hydrogens (tertiary/aromatic N) is 3. The molecule has 1 saturated heterocycles. The van der Waals surface area contributed by atoms with Crippen molar-refractivity contribution in [3.8, 4) is 11.1 Å². The summed E-state index contributed by atoms with van der Waals surface area (Å²) in [5, 5.41) is 1.76. The van der Waals surface area contributed by atoms with E-state index in [0.717, 1.165) is 41.7 Å². The molecule has 0 radical (unpaired) electrons. The van der Waals surface area contributed by atoms with Gasteiger partial charge in [0.05, 0.1) is 48.3 Å². The molecule has 3 heterocycles. The number of esters is 1. The Balaban J connectivity index is 1.68. The number of pyridine rings is 2. The fraction of sp³-hybridized carbons (Fsp3) is 0.348. The molecule has 1 fully saturated rings. The summed E-state index contributed by atoms with van der Waals surface area (Å²) in [7, 11) is 1.37. The van der Waals surface area contributed by atoms with Gasteiger partial charge in [-0.05, 0) is 42.7 Å². The second-order valence-corrected chi connectivity index (χ2v) is 8.43. The number of nitrogens with two attached hydrogens (primary N) is 1. The number of anilines is 2. The van der Waals surface area contributed by atoms with Gasteiger partial charge in [-0.1, -0.05) is 29.3 Å². The van der Waals surface area contributed by atoms with Crippen LogP contribution in [0.2, 0.25) is 10.0 Å². The lowest BCUT2D eigenvalue weighted by atomic mass is 10.0. The van der Waals surface area contributed by atoms with E-state index in [1.165, 1.54) is 7.11 Å². The van der Waals surface area contributed by atoms with E-state index < -0.39 is 0 Å². The topological polar surface area (TPSA) is 90.6 Å². The molecule has 4 rings (SSSR count). The van der Waals surface area contributed by atoms with Crippen LogP contribution in [-0.2, 0) is 14.3 Å². The number of hydrogen-bond acceptors (Lipinski definition) is 7. The molecule has 2 N–H and O–H groups in total. The van der Waals surface area contributed by atoms with Crippen molar-refractivity contribution in [3.63, 3.8) is 0 Å². The van der Waals surface area contributed by atoms with Crippen LogP contribution >= 0.6 is 23.2 Å². The van der Waals surface area contributed by atoms with Crippen LogP contribution in [0.5, 0.6) is 0 Å². The van der Waals surface area contributed by atoms with E-state index in [-0.39, 0.29) is 18.4 Å². The van der Waals surface area contributed by atoms with E-state index in [0.29, 0.717) is 34.6 Å². The molecule has 0 aliphatic carbocycles. The Kier molecular flexibility index (Phi) is 6.98. The second-order valence-electron chi connectivity index (χ2n) is 7.65. The highest BCUT2D eigenvalue weighted by molar-refractivity contribution is 6.45. The third kappa shape index (κ3) is 4.75. The molecule has 9 heteroatoms. The van der Waals surface area contributed by atoms with Crippen LogP contribution in [0, 0.1) is 0 Å². The van der Waals surface area contributed by atoms with E-state index in [4.69, 9.17) is 38.7 Å². The van der Waals surface area contributed by atoms with Crippen molar-refractivity contribution in [2.24, 2.45) is 0 Å². The summed E-state index contributed by atoms with van der Waals surface area (Å²) in [5.74, 6) is 0.974. The van der Waals surface area contributed by atoms with E-state index in [9.17, 15) is 4.79 Å². The van der Waals surface area contributed by atoms with Crippen molar-refractivity contribution in [3.05, 3.63) is 46.6 Å². The van der Waals surface area contributed by atoms with E-state index in [1.54, 1.807) is 18.3 Å². The molecule has 32 heavy (non-hydrogen) atoms. The summed E-state index contributed by atoms with van der Waals surface area (Å²) >= 11 is 12.9. The number of hydrogen-bond donors (Lipinski definition) is 1. The molecular weight excluding hydrogens is 451 g/mol. The Bertz CT molecular complexity index is 1120. The van der Waals surface area contributed by atoms with Crippen LogP contribution in [0.4, 0.5) is 11.6 Å². The molecule has 168 valence electrons. The van der Waals surface area contributed by atoms with Gasteiger partial charge in [0.15, 0.2) is 0 Å². The number of methoxy groups -OCH3 is 1. The first-order valence-corrected chi connectivity index (χ1v) is 11.2. The Morgan fingerprint density at radius 3 is 2.88 bits per heavy atom. The molecule has 0 saturated carbocycles. The minimum atomic E-state index is -0.280. The van der Waals surface area contributed by atoms with E-state index >= 15 is 0 Å². The third-order valence-electron chi connectivity index (χ3n) is 5.62. The van der Waals surface area contributed by atoms with Crippen molar-refractivity contribution in [1.82, 2.24) is 9.97 Å². The van der Waals surface area contributed by atoms with Gasteiger partial charge in [0, 0.05) is 23.7 Å². The maximum absolute atomic E-state index is 11.3. The molecule has 0 amide bonds. The molecule has 1 aliphatic rings. The molecule has 3 aromatic rings. The minimum absolute atomic E-state index is 0.146. The summed E-state index contributed by atoms with van der Waals surface area (Å²) in [4.78, 5) is 22.7. The van der Waals surface area contributed by atoms with Crippen molar-refractivity contribution in [2.75, 3.05) is 37.5 Å². The molecule has 1 aromatic carbocycles. The van der Waals surface area contributed by atoms with Crippen LogP contribution in [0.3, 0.4) is 0 Å². The highest BCUT2D eigenvalue weighted by atomic mass is 35.5. The van der Waals surface area contributed by atoms with Gasteiger partial charge in [0.25, 0.3) is 0 Å². The minimum Gasteiger partial charge on any atom is -0.469 e. The maximum Gasteiger partial charge on any atom is 0.307 e. The number of rotatable bonds is 7. The SMILES string of the molecule is COC(=O)CCOC[C@@H]1CCCN1c1cc(-c2ccc(N)nc2)c2ccc(Cl)c(Cl)c2n1. The highest BCUT2D eigenvalue weighted by Gasteiger charge is 2.27. The summed E-state index contributed by atoms with van der Waals surface area (Å²) in [5.41, 5.74) is 8.29. The summed E-state index contributed by atoms with van der Waals surface area (Å²) in [6, 6.07) is 9.59. The number of aromatic nitrogens is 2. The third-order valence-corrected chi connectivity index (χ3v) is 6.41. The molecule has 2 aromatic heterocycles. The zero-order valence-corrected chi connectivity index (χ0v) is 19.2. The van der Waals surface area contributed by atoms with Crippen LogP contribution < -0.4 is 10.6 Å². The molecule has 0 bridgehead atoms. The van der Waals surface area contributed by atoms with Crippen LogP contribution in [0.1, 0.15) is 19.3 Å². The fourth-order valence-electron chi connectivity index (χ4n) is 3.96. The standard InChI is InChI=1S/C23H24Cl2N4O3/c1-31-21(30)8-10-32-13-15-3-2-9-29(15)20-11-17(14-4-7-19(26)27-12-14)16-5-6-18(24)22(25)23(16)28-20/h4-7,11-12,15H,2-3,8-10,13H2,1H3,(H2,26,27)/t15-/m0/s1. The zero-order chi connectivity index (χ0) is 22.7. The number of carbonyl (C=O) groups is 1. The molecule has 0 unspecified atom stereocenters. The van der Waals surface area contributed by atoms with Gasteiger partial charge in [0.2, 0.25) is 0 Å². The van der Waals surface area contributed by atoms with Gasteiger partial charge < -0.3 is 20.1 Å². The normalized spacial score (nSPS) is 16.0. The summed E-state index contributed by atoms with van der Waals surface area (Å²) < 4.78 is 10.4. The molecular formula is C23H24Cl2N4O3. The fourth-order valence-corrected chi connectivity index (χ4v) is 4.32. The van der Waals surface area contributed by atoms with Gasteiger partial charge in [-0.15, -0.1) is 0 Å². The summed E-state index contributed by atoms with van der Waals surface area (Å²) in [6.07, 6.45) is 3.97. The van der Waals surface area contributed by atoms with Gasteiger partial charge in [0.1, 0.15) is 11.6 Å². The Hall–Kier alpha value is -2.61. The smallest absolute Gasteiger partial charge is 0.307 e. The first-order valence-electron chi connectivity index (χ1n) is 10.4. The first-order chi connectivity index (χ1) is 15.5. The lowest BCUT2D eigenvalue weighted by molar-refractivity contribution is -0.141. The average Bonchev–Trinajstić information content (AvgIpc) is 3.27. The van der Waals surface area contributed by atoms with Crippen LogP contribution in [0.25, 0.3) is 22.0 Å². The lowest BCUT2D eigenvalue weighted by Gasteiger charge is -2.27. The van der Waals surface area contributed by atoms with E-state index in [2.05, 4.69) is 14.6 Å². The van der Waals surface area contributed by atoms with Crippen LogP contribution in [-0.4, -0.2) is 48.8 Å². The Labute approximate surface area is 196 Å². The van der Waals surface area contributed by atoms with Crippen molar-refractivity contribution in [1.29, 1.82) is 0 Å². The zero-order valence-electron chi connectivity index (χ0n) is 17.7. The van der Waals surface area contributed by atoms with Crippen LogP contribution in [0.15, 0.2) is 36.5 Å². The number of halogens is 2. The largest absolute Gasteiger partial charge is 0.469 e. The Morgan fingerprint density at radius 2 is 2.12 bits per heavy atom. The Morgan fingerprint density at radius 1 is 1.28 bits per heavy atom. The van der Waals surface area contributed by atoms with Gasteiger partial charge >= 0.3 is 5.97 Å². The van der Waals surface area contributed by atoms with Gasteiger partial charge in [-0.2, -0.15) is 0 Å². The molecule has 1 aliphatic heterocycles. The number of ether oxygens (including phenoxy) is 2. The number of nitrogen functional groups attached to an aromatic ring is 1. The monoisotopic (exact) mass is 474 g/mol. The predicted molar refractivity (Wildman–Crippen MR) is 127 cm³/mol. The first kappa shape index (κ1) is 22.6. The predicted octanol–water partition coefficient (Wildman–Crippen LogP) is 4.73. The average molecular weight is 475 g/mol. The highest BCUT2D eigenvalue weighted by Crippen LogP contribution is 2.38. The molecule has 0 spiro atoms. The summed E-state index contributed by atoms with van der Waals surface area (Å²) in [6.45, 7) is 1.67. The molecule has 7 nitrogen and oxygen atoms in total. The van der Waals surface area contributed by atoms with Gasteiger partial charge in [-0.3, -0.25) is 4.79 Å². The number of benzene rings is 1. The number of carbonyl (C=O) groups excluding carboxylic acids is 1. The van der Waals surface area contributed by atoms with Crippen molar-refractivity contribution < 1.29 is 14.3 Å².